The third-order valence-corrected chi connectivity index (χ3v) is 15.9. The maximum atomic E-state index is 8.15. The highest BCUT2D eigenvalue weighted by molar-refractivity contribution is 7.40. The Morgan fingerprint density at radius 1 is 0.308 bits per heavy atom. The first kappa shape index (κ1) is 30.7. The van der Waals surface area contributed by atoms with Gasteiger partial charge in [0.2, 0.25) is 7.38 Å². The fourth-order valence-electron chi connectivity index (χ4n) is 8.25. The molecule has 52 heavy (non-hydrogen) atoms. The largest absolute Gasteiger partial charge is 0.309 e. The summed E-state index contributed by atoms with van der Waals surface area (Å²) in [4.78, 5) is 0. The van der Waals surface area contributed by atoms with Gasteiger partial charge in [0.1, 0.15) is 0 Å². The smallest absolute Gasteiger partial charge is 0.248 e. The summed E-state index contributed by atoms with van der Waals surface area (Å²) in [7, 11) is -2.97. The molecule has 0 aliphatic heterocycles. The summed E-state index contributed by atoms with van der Waals surface area (Å²) in [6.45, 7) is 0. The Hall–Kier alpha value is -6.13. The molecular formula is C48H33ClN2Si. The SMILES string of the molecule is Cl[Si](c1ccccc1)(c1ccccc1)c1ccc(-c2ccccc2-n2c3ccccc3c3ccccc32)c(-n2c3ccccc3c3ccccc32)c1. The molecule has 2 nitrogen and oxygen atoms in total. The monoisotopic (exact) mass is 700 g/mol. The second kappa shape index (κ2) is 12.3. The van der Waals surface area contributed by atoms with Crippen LogP contribution in [0.3, 0.4) is 0 Å². The minimum absolute atomic E-state index is 1.10. The molecule has 0 fully saturated rings. The first-order valence-corrected chi connectivity index (χ1v) is 20.7. The van der Waals surface area contributed by atoms with Crippen LogP contribution in [-0.2, 0) is 0 Å². The van der Waals surface area contributed by atoms with Gasteiger partial charge in [-0.15, -0.1) is 11.1 Å². The maximum absolute atomic E-state index is 8.15. The molecular weight excluding hydrogens is 668 g/mol. The number of nitrogens with zero attached hydrogens (tertiary/aromatic N) is 2. The summed E-state index contributed by atoms with van der Waals surface area (Å²) in [5, 5.41) is 8.41. The van der Waals surface area contributed by atoms with Crippen LogP contribution in [0.2, 0.25) is 0 Å². The van der Waals surface area contributed by atoms with Crippen LogP contribution in [0.25, 0.3) is 66.1 Å². The molecule has 0 saturated carbocycles. The van der Waals surface area contributed by atoms with E-state index in [9.17, 15) is 0 Å². The van der Waals surface area contributed by atoms with Gasteiger partial charge in [-0.25, -0.2) is 0 Å². The second-order valence-corrected chi connectivity index (χ2v) is 18.1. The first-order valence-electron chi connectivity index (χ1n) is 17.7. The molecule has 2 heterocycles. The third kappa shape index (κ3) is 4.64. The number of rotatable bonds is 6. The van der Waals surface area contributed by atoms with Gasteiger partial charge in [-0.05, 0) is 52.0 Å². The van der Waals surface area contributed by atoms with E-state index in [0.717, 1.165) is 49.1 Å². The quantitative estimate of drug-likeness (QED) is 0.0928. The van der Waals surface area contributed by atoms with Crippen LogP contribution in [0.4, 0.5) is 0 Å². The zero-order valence-corrected chi connectivity index (χ0v) is 30.1. The van der Waals surface area contributed by atoms with Crippen molar-refractivity contribution in [2.45, 2.75) is 0 Å². The number of aromatic nitrogens is 2. The molecule has 0 aliphatic rings. The molecule has 0 radical (unpaired) electrons. The van der Waals surface area contributed by atoms with E-state index in [-0.39, 0.29) is 0 Å². The number of fused-ring (bicyclic) bond motifs is 6. The number of halogens is 1. The van der Waals surface area contributed by atoms with Crippen molar-refractivity contribution in [2.24, 2.45) is 0 Å². The van der Waals surface area contributed by atoms with Crippen LogP contribution < -0.4 is 15.6 Å². The lowest BCUT2D eigenvalue weighted by Gasteiger charge is -2.28. The fraction of sp³-hybridized carbons (Fsp3) is 0. The minimum Gasteiger partial charge on any atom is -0.309 e. The van der Waals surface area contributed by atoms with E-state index in [1.807, 2.05) is 0 Å². The van der Waals surface area contributed by atoms with Crippen molar-refractivity contribution in [1.29, 1.82) is 0 Å². The molecule has 2 aromatic heterocycles. The molecule has 0 aliphatic carbocycles. The zero-order valence-electron chi connectivity index (χ0n) is 28.3. The third-order valence-electron chi connectivity index (χ3n) is 10.6. The Morgan fingerprint density at radius 2 is 0.673 bits per heavy atom. The van der Waals surface area contributed by atoms with Crippen LogP contribution in [0.1, 0.15) is 0 Å². The van der Waals surface area contributed by atoms with Crippen LogP contribution in [0.5, 0.6) is 0 Å². The van der Waals surface area contributed by atoms with Crippen LogP contribution in [-0.4, -0.2) is 16.5 Å². The molecule has 0 unspecified atom stereocenters. The second-order valence-electron chi connectivity index (χ2n) is 13.4. The van der Waals surface area contributed by atoms with Crippen molar-refractivity contribution < 1.29 is 0 Å². The predicted molar refractivity (Wildman–Crippen MR) is 224 cm³/mol. The van der Waals surface area contributed by atoms with E-state index in [1.54, 1.807) is 0 Å². The van der Waals surface area contributed by atoms with Crippen LogP contribution in [0, 0.1) is 0 Å². The molecule has 0 bridgehead atoms. The van der Waals surface area contributed by atoms with E-state index < -0.39 is 7.38 Å². The highest BCUT2D eigenvalue weighted by atomic mass is 35.6. The number of hydrogen-bond donors (Lipinski definition) is 0. The average molecular weight is 701 g/mol. The molecule has 10 rings (SSSR count). The summed E-state index contributed by atoms with van der Waals surface area (Å²) < 4.78 is 4.88. The van der Waals surface area contributed by atoms with E-state index in [4.69, 9.17) is 11.1 Å². The summed E-state index contributed by atoms with van der Waals surface area (Å²) in [5.74, 6) is 0. The van der Waals surface area contributed by atoms with Crippen molar-refractivity contribution in [2.75, 3.05) is 0 Å². The van der Waals surface area contributed by atoms with Gasteiger partial charge in [-0.3, -0.25) is 0 Å². The van der Waals surface area contributed by atoms with Crippen LogP contribution in [0.15, 0.2) is 200 Å². The van der Waals surface area contributed by atoms with Gasteiger partial charge < -0.3 is 9.13 Å². The topological polar surface area (TPSA) is 9.86 Å². The Kier molecular flexibility index (Phi) is 7.24. The maximum Gasteiger partial charge on any atom is 0.248 e. The molecule has 0 atom stereocenters. The van der Waals surface area contributed by atoms with Gasteiger partial charge >= 0.3 is 0 Å². The number of para-hydroxylation sites is 5. The van der Waals surface area contributed by atoms with Crippen molar-refractivity contribution in [1.82, 2.24) is 9.13 Å². The Labute approximate surface area is 308 Å². The highest BCUT2D eigenvalue weighted by Gasteiger charge is 2.38. The summed E-state index contributed by atoms with van der Waals surface area (Å²) in [6, 6.07) is 72.1. The van der Waals surface area contributed by atoms with Crippen molar-refractivity contribution in [3.63, 3.8) is 0 Å². The molecule has 10 aromatic rings. The van der Waals surface area contributed by atoms with E-state index in [1.165, 1.54) is 32.6 Å². The lowest BCUT2D eigenvalue weighted by molar-refractivity contribution is 1.16. The van der Waals surface area contributed by atoms with Crippen molar-refractivity contribution in [3.8, 4) is 22.5 Å². The Morgan fingerprint density at radius 3 is 1.15 bits per heavy atom. The fourth-order valence-corrected chi connectivity index (χ4v) is 12.3. The molecule has 4 heteroatoms. The molecule has 246 valence electrons. The first-order chi connectivity index (χ1) is 25.7. The van der Waals surface area contributed by atoms with Gasteiger partial charge in [-0.2, -0.15) is 0 Å². The van der Waals surface area contributed by atoms with E-state index in [2.05, 4.69) is 209 Å². The van der Waals surface area contributed by atoms with E-state index >= 15 is 0 Å². The Bertz CT molecular complexity index is 2780. The summed E-state index contributed by atoms with van der Waals surface area (Å²) in [5.41, 5.74) is 9.23. The van der Waals surface area contributed by atoms with Gasteiger partial charge in [0.25, 0.3) is 0 Å². The van der Waals surface area contributed by atoms with Crippen molar-refractivity contribution in [3.05, 3.63) is 200 Å². The molecule has 0 saturated heterocycles. The predicted octanol–water partition coefficient (Wildman–Crippen LogP) is 10.8. The zero-order chi connectivity index (χ0) is 34.6. The van der Waals surface area contributed by atoms with Gasteiger partial charge in [-0.1, -0.05) is 164 Å². The van der Waals surface area contributed by atoms with Crippen LogP contribution >= 0.6 is 11.1 Å². The summed E-state index contributed by atoms with van der Waals surface area (Å²) in [6.07, 6.45) is 0. The molecule has 0 N–H and O–H groups in total. The normalized spacial score (nSPS) is 11.9. The average Bonchev–Trinajstić information content (AvgIpc) is 3.74. The lowest BCUT2D eigenvalue weighted by atomic mass is 10.0. The minimum atomic E-state index is -2.97. The molecule has 0 spiro atoms. The lowest BCUT2D eigenvalue weighted by Crippen LogP contribution is -2.62. The van der Waals surface area contributed by atoms with E-state index in [0.29, 0.717) is 0 Å². The van der Waals surface area contributed by atoms with Gasteiger partial charge in [0, 0.05) is 32.7 Å². The van der Waals surface area contributed by atoms with Crippen molar-refractivity contribution >= 4 is 77.6 Å². The molecule has 0 amide bonds. The highest BCUT2D eigenvalue weighted by Crippen LogP contribution is 2.40. The number of benzene rings is 8. The van der Waals surface area contributed by atoms with Gasteiger partial charge in [0.05, 0.1) is 33.4 Å². The Balaban J connectivity index is 1.32. The summed E-state index contributed by atoms with van der Waals surface area (Å²) >= 11 is 8.15. The number of hydrogen-bond acceptors (Lipinski definition) is 0. The molecule has 8 aromatic carbocycles. The standard InChI is InChI=1S/C48H33ClN2Si/c49-52(34-17-3-1-4-18-34,35-19-5-2-6-20-35)36-31-32-42(48(33-36)51-46-29-15-9-23-39(46)40-24-10-16-30-47(40)51)41-25-11-14-28-45(41)50-43-26-12-7-21-37(43)38-22-8-13-27-44(38)50/h1-33H. The van der Waals surface area contributed by atoms with Gasteiger partial charge in [0.15, 0.2) is 0 Å².